The lowest BCUT2D eigenvalue weighted by Crippen LogP contribution is -2.49. The van der Waals surface area contributed by atoms with Crippen molar-refractivity contribution in [2.24, 2.45) is 0 Å². The largest absolute Gasteiger partial charge is 0.488 e. The van der Waals surface area contributed by atoms with Gasteiger partial charge in [-0.25, -0.2) is 0 Å². The van der Waals surface area contributed by atoms with E-state index in [0.717, 1.165) is 22.4 Å². The van der Waals surface area contributed by atoms with Gasteiger partial charge in [-0.15, -0.1) is 0 Å². The summed E-state index contributed by atoms with van der Waals surface area (Å²) in [5, 5.41) is 0. The van der Waals surface area contributed by atoms with Crippen LogP contribution in [-0.2, 0) is 11.3 Å². The van der Waals surface area contributed by atoms with Crippen LogP contribution in [0.15, 0.2) is 36.7 Å². The lowest BCUT2D eigenvalue weighted by atomic mass is 10.0. The Bertz CT molecular complexity index is 891. The summed E-state index contributed by atoms with van der Waals surface area (Å²) in [6, 6.07) is 7.53. The Hall–Kier alpha value is -2.65. The third kappa shape index (κ3) is 7.71. The van der Waals surface area contributed by atoms with Gasteiger partial charge in [0.25, 0.3) is 5.91 Å². The topological polar surface area (TPSA) is 54.9 Å². The first-order chi connectivity index (χ1) is 15.7. The molecular weight excluding hydrogens is 435 g/mol. The van der Waals surface area contributed by atoms with Gasteiger partial charge in [-0.3, -0.25) is 14.7 Å². The molecule has 1 fully saturated rings. The van der Waals surface area contributed by atoms with E-state index in [4.69, 9.17) is 4.74 Å². The van der Waals surface area contributed by atoms with E-state index in [1.807, 2.05) is 43.0 Å². The van der Waals surface area contributed by atoms with Gasteiger partial charge in [0.05, 0.1) is 0 Å². The third-order valence-corrected chi connectivity index (χ3v) is 5.50. The highest BCUT2D eigenvalue weighted by Gasteiger charge is 2.27. The predicted octanol–water partition coefficient (Wildman–Crippen LogP) is 4.00. The molecule has 2 heterocycles. The van der Waals surface area contributed by atoms with Gasteiger partial charge in [-0.2, -0.15) is 13.2 Å². The number of alkyl halides is 3. The number of rotatable bonds is 9. The van der Waals surface area contributed by atoms with E-state index >= 15 is 0 Å². The normalized spacial score (nSPS) is 15.0. The highest BCUT2D eigenvalue weighted by molar-refractivity contribution is 5.95. The lowest BCUT2D eigenvalue weighted by molar-refractivity contribution is -0.174. The molecule has 3 rings (SSSR count). The van der Waals surface area contributed by atoms with Crippen molar-refractivity contribution in [2.45, 2.75) is 33.1 Å². The number of halogens is 3. The van der Waals surface area contributed by atoms with Crippen LogP contribution >= 0.6 is 0 Å². The number of ether oxygens (including phenoxy) is 2. The molecule has 0 saturated carbocycles. The van der Waals surface area contributed by atoms with Crippen LogP contribution in [0.2, 0.25) is 0 Å². The maximum Gasteiger partial charge on any atom is 0.411 e. The fourth-order valence-corrected chi connectivity index (χ4v) is 3.88. The molecule has 6 nitrogen and oxygen atoms in total. The number of hydrogen-bond donors (Lipinski definition) is 0. The number of carbonyl (C=O) groups is 1. The zero-order valence-electron chi connectivity index (χ0n) is 19.0. The van der Waals surface area contributed by atoms with Gasteiger partial charge in [0.1, 0.15) is 19.0 Å². The average Bonchev–Trinajstić information content (AvgIpc) is 2.78. The number of amides is 1. The summed E-state index contributed by atoms with van der Waals surface area (Å²) in [6.07, 6.45) is -0.277. The number of pyridine rings is 1. The molecule has 0 aliphatic carbocycles. The first-order valence-electron chi connectivity index (χ1n) is 11.0. The van der Waals surface area contributed by atoms with Crippen LogP contribution in [0, 0.1) is 13.8 Å². The van der Waals surface area contributed by atoms with Crippen LogP contribution in [0.5, 0.6) is 5.75 Å². The van der Waals surface area contributed by atoms with E-state index in [-0.39, 0.29) is 12.5 Å². The SMILES string of the molecule is Cc1cc(C(=O)N2CCN(CCCOCC(F)(F)F)CC2)cc(C)c1OCc1cccnc1. The summed E-state index contributed by atoms with van der Waals surface area (Å²) in [4.78, 5) is 21.1. The van der Waals surface area contributed by atoms with Crippen LogP contribution in [0.1, 0.15) is 33.5 Å². The number of aryl methyl sites for hydroxylation is 2. The smallest absolute Gasteiger partial charge is 0.411 e. The first-order valence-corrected chi connectivity index (χ1v) is 11.0. The molecule has 1 aliphatic rings. The monoisotopic (exact) mass is 465 g/mol. The van der Waals surface area contributed by atoms with Crippen LogP contribution in [0.3, 0.4) is 0 Å². The van der Waals surface area contributed by atoms with E-state index in [1.54, 1.807) is 12.4 Å². The van der Waals surface area contributed by atoms with Crippen molar-refractivity contribution in [2.75, 3.05) is 45.9 Å². The second kappa shape index (κ2) is 11.5. The van der Waals surface area contributed by atoms with Gasteiger partial charge in [0.2, 0.25) is 0 Å². The number of aromatic nitrogens is 1. The third-order valence-electron chi connectivity index (χ3n) is 5.50. The molecule has 0 N–H and O–H groups in total. The number of carbonyl (C=O) groups excluding carboxylic acids is 1. The molecule has 1 aromatic heterocycles. The second-order valence-electron chi connectivity index (χ2n) is 8.24. The fraction of sp³-hybridized carbons (Fsp3) is 0.500. The number of hydrogen-bond acceptors (Lipinski definition) is 5. The molecule has 9 heteroatoms. The quantitative estimate of drug-likeness (QED) is 0.524. The number of nitrogens with zero attached hydrogens (tertiary/aromatic N) is 3. The zero-order valence-corrected chi connectivity index (χ0v) is 19.0. The molecule has 180 valence electrons. The van der Waals surface area contributed by atoms with Crippen molar-refractivity contribution < 1.29 is 27.4 Å². The molecule has 1 amide bonds. The minimum Gasteiger partial charge on any atom is -0.488 e. The van der Waals surface area contributed by atoms with Crippen molar-refractivity contribution in [3.8, 4) is 5.75 Å². The summed E-state index contributed by atoms with van der Waals surface area (Å²) in [6.45, 7) is 6.34. The van der Waals surface area contributed by atoms with E-state index in [0.29, 0.717) is 51.3 Å². The van der Waals surface area contributed by atoms with Gasteiger partial charge in [0.15, 0.2) is 0 Å². The summed E-state index contributed by atoms with van der Waals surface area (Å²) >= 11 is 0. The maximum atomic E-state index is 13.0. The van der Waals surface area contributed by atoms with Crippen molar-refractivity contribution in [1.29, 1.82) is 0 Å². The molecule has 0 bridgehead atoms. The molecule has 1 saturated heterocycles. The van der Waals surface area contributed by atoms with Crippen molar-refractivity contribution in [3.05, 3.63) is 58.9 Å². The van der Waals surface area contributed by atoms with Gasteiger partial charge < -0.3 is 14.4 Å². The fourth-order valence-electron chi connectivity index (χ4n) is 3.88. The molecule has 1 aliphatic heterocycles. The van der Waals surface area contributed by atoms with Crippen LogP contribution < -0.4 is 4.74 Å². The van der Waals surface area contributed by atoms with Crippen molar-refractivity contribution in [3.63, 3.8) is 0 Å². The Kier molecular flexibility index (Phi) is 8.68. The Morgan fingerprint density at radius 3 is 2.42 bits per heavy atom. The van der Waals surface area contributed by atoms with E-state index in [1.165, 1.54) is 0 Å². The molecule has 2 aromatic rings. The van der Waals surface area contributed by atoms with E-state index in [9.17, 15) is 18.0 Å². The minimum atomic E-state index is -4.29. The Balaban J connectivity index is 1.47. The minimum absolute atomic E-state index is 0.0202. The van der Waals surface area contributed by atoms with Crippen LogP contribution in [0.4, 0.5) is 13.2 Å². The predicted molar refractivity (Wildman–Crippen MR) is 118 cm³/mol. The Morgan fingerprint density at radius 1 is 1.12 bits per heavy atom. The highest BCUT2D eigenvalue weighted by atomic mass is 19.4. The molecule has 0 radical (unpaired) electrons. The van der Waals surface area contributed by atoms with Crippen LogP contribution in [-0.4, -0.2) is 72.8 Å². The standard InChI is InChI=1S/C24H30F3N3O3/c1-18-13-21(14-19(2)22(18)33-16-20-5-3-6-28-15-20)23(31)30-10-8-29(9-11-30)7-4-12-32-17-24(25,26)27/h3,5-6,13-15H,4,7-12,16-17H2,1-2H3. The molecule has 0 unspecified atom stereocenters. The average molecular weight is 466 g/mol. The van der Waals surface area contributed by atoms with E-state index < -0.39 is 12.8 Å². The molecule has 1 aromatic carbocycles. The Morgan fingerprint density at radius 2 is 1.82 bits per heavy atom. The van der Waals surface area contributed by atoms with Gasteiger partial charge in [-0.1, -0.05) is 6.07 Å². The van der Waals surface area contributed by atoms with Crippen molar-refractivity contribution in [1.82, 2.24) is 14.8 Å². The van der Waals surface area contributed by atoms with E-state index in [2.05, 4.69) is 14.6 Å². The van der Waals surface area contributed by atoms with Gasteiger partial charge >= 0.3 is 6.18 Å². The molecule has 0 spiro atoms. The summed E-state index contributed by atoms with van der Waals surface area (Å²) in [5.41, 5.74) is 3.41. The highest BCUT2D eigenvalue weighted by Crippen LogP contribution is 2.26. The zero-order chi connectivity index (χ0) is 23.8. The van der Waals surface area contributed by atoms with Crippen molar-refractivity contribution >= 4 is 5.91 Å². The van der Waals surface area contributed by atoms with Gasteiger partial charge in [0, 0.05) is 62.9 Å². The summed E-state index contributed by atoms with van der Waals surface area (Å²) in [7, 11) is 0. The van der Waals surface area contributed by atoms with Gasteiger partial charge in [-0.05, 0) is 49.6 Å². The maximum absolute atomic E-state index is 13.0. The first kappa shape index (κ1) is 25.0. The summed E-state index contributed by atoms with van der Waals surface area (Å²) in [5.74, 6) is 0.751. The van der Waals surface area contributed by atoms with Crippen LogP contribution in [0.25, 0.3) is 0 Å². The molecule has 33 heavy (non-hydrogen) atoms. The summed E-state index contributed by atoms with van der Waals surface area (Å²) < 4.78 is 46.9. The molecule has 0 atom stereocenters. The molecular formula is C24H30F3N3O3. The number of benzene rings is 1. The number of piperazine rings is 1. The second-order valence-corrected chi connectivity index (χ2v) is 8.24. The lowest BCUT2D eigenvalue weighted by Gasteiger charge is -2.35. The Labute approximate surface area is 192 Å².